The molecule has 0 bridgehead atoms. The number of rotatable bonds is 2. The van der Waals surface area contributed by atoms with E-state index >= 15 is 0 Å². The Morgan fingerprint density at radius 1 is 1.11 bits per heavy atom. The summed E-state index contributed by atoms with van der Waals surface area (Å²) in [6.45, 7) is 8.38. The van der Waals surface area contributed by atoms with Crippen molar-refractivity contribution in [2.75, 3.05) is 20.1 Å². The largest absolute Gasteiger partial charge is 0.416 e. The van der Waals surface area contributed by atoms with Crippen LogP contribution in [0.15, 0.2) is 60.9 Å². The van der Waals surface area contributed by atoms with Gasteiger partial charge in [-0.3, -0.25) is 14.9 Å². The van der Waals surface area contributed by atoms with Crippen LogP contribution in [-0.4, -0.2) is 51.0 Å². The lowest BCUT2D eigenvalue weighted by atomic mass is 10.1. The van der Waals surface area contributed by atoms with Crippen LogP contribution in [0.5, 0.6) is 0 Å². The minimum Gasteiger partial charge on any atom is -0.306 e. The standard InChI is InChI=1S/C14H12N4O.C7H5F3.C6H13N/c1-8-5-10(3-4-15-8)13-12-6-11(9(2)19)7-16-14(12)18-17-13;8-7(9,10)6-4-2-1-3-5-6;1-6-3-4-7(2)5-6/h3-7H,1-2H3,(H,16,17,18);1-5H;6H,3-5H2,1-2H3. The third-order valence-corrected chi connectivity index (χ3v) is 5.73. The second kappa shape index (κ2) is 11.9. The van der Waals surface area contributed by atoms with Crippen LogP contribution in [0.1, 0.15) is 41.9 Å². The molecule has 0 aliphatic carbocycles. The summed E-state index contributed by atoms with van der Waals surface area (Å²) in [4.78, 5) is 22.2. The van der Waals surface area contributed by atoms with Gasteiger partial charge >= 0.3 is 6.18 Å². The molecule has 0 saturated carbocycles. The first-order chi connectivity index (χ1) is 17.0. The maximum atomic E-state index is 11.8. The second-order valence-electron chi connectivity index (χ2n) is 8.96. The number of halogens is 3. The number of aromatic nitrogens is 4. The molecule has 4 aromatic rings. The number of carbonyl (C=O) groups is 1. The number of fused-ring (bicyclic) bond motifs is 1. The van der Waals surface area contributed by atoms with Crippen LogP contribution < -0.4 is 0 Å². The maximum absolute atomic E-state index is 11.8. The first kappa shape index (κ1) is 27.0. The summed E-state index contributed by atoms with van der Waals surface area (Å²) in [7, 11) is 2.18. The van der Waals surface area contributed by atoms with Gasteiger partial charge in [0.05, 0.1) is 11.3 Å². The molecule has 1 aliphatic heterocycles. The topological polar surface area (TPSA) is 74.8 Å². The van der Waals surface area contributed by atoms with Crippen molar-refractivity contribution >= 4 is 16.8 Å². The lowest BCUT2D eigenvalue weighted by Crippen LogP contribution is -2.12. The van der Waals surface area contributed by atoms with E-state index in [9.17, 15) is 18.0 Å². The molecule has 36 heavy (non-hydrogen) atoms. The predicted molar refractivity (Wildman–Crippen MR) is 135 cm³/mol. The first-order valence-corrected chi connectivity index (χ1v) is 11.6. The average molecular weight is 498 g/mol. The number of benzene rings is 1. The number of carbonyl (C=O) groups excluding carboxylic acids is 1. The maximum Gasteiger partial charge on any atom is 0.416 e. The summed E-state index contributed by atoms with van der Waals surface area (Å²) in [5.74, 6) is 0.942. The summed E-state index contributed by atoms with van der Waals surface area (Å²) in [5.41, 5.74) is 3.36. The van der Waals surface area contributed by atoms with Crippen molar-refractivity contribution in [3.8, 4) is 11.3 Å². The van der Waals surface area contributed by atoms with E-state index in [-0.39, 0.29) is 5.78 Å². The molecule has 1 aliphatic rings. The fraction of sp³-hybridized carbons (Fsp3) is 0.333. The van der Waals surface area contributed by atoms with Crippen molar-refractivity contribution in [3.63, 3.8) is 0 Å². The predicted octanol–water partition coefficient (Wildman–Crippen LogP) is 6.19. The number of Topliss-reactive ketones (excluding diaryl/α,β-unsaturated/α-hetero) is 1. The summed E-state index contributed by atoms with van der Waals surface area (Å²) < 4.78 is 35.4. The van der Waals surface area contributed by atoms with E-state index in [1.54, 1.807) is 18.5 Å². The molecule has 1 aromatic carbocycles. The first-order valence-electron chi connectivity index (χ1n) is 11.6. The monoisotopic (exact) mass is 497 g/mol. The van der Waals surface area contributed by atoms with Crippen molar-refractivity contribution in [2.24, 2.45) is 5.92 Å². The molecular formula is C27H30F3N5O. The number of pyridine rings is 2. The van der Waals surface area contributed by atoms with Gasteiger partial charge in [0.25, 0.3) is 0 Å². The van der Waals surface area contributed by atoms with Crippen LogP contribution in [0, 0.1) is 12.8 Å². The molecule has 1 atom stereocenters. The van der Waals surface area contributed by atoms with Crippen LogP contribution in [0.25, 0.3) is 22.3 Å². The molecule has 5 rings (SSSR count). The summed E-state index contributed by atoms with van der Waals surface area (Å²) in [5, 5.41) is 7.97. The Labute approximate surface area is 208 Å². The molecule has 1 saturated heterocycles. The van der Waals surface area contributed by atoms with E-state index in [2.05, 4.69) is 39.0 Å². The van der Waals surface area contributed by atoms with Crippen LogP contribution in [0.2, 0.25) is 0 Å². The summed E-state index contributed by atoms with van der Waals surface area (Å²) in [6.07, 6.45) is 0.491. The number of hydrogen-bond acceptors (Lipinski definition) is 5. The van der Waals surface area contributed by atoms with Gasteiger partial charge in [-0.1, -0.05) is 37.3 Å². The van der Waals surface area contributed by atoms with Crippen LogP contribution >= 0.6 is 0 Å². The molecule has 9 heteroatoms. The molecule has 3 aromatic heterocycles. The minimum atomic E-state index is -4.21. The molecule has 0 spiro atoms. The fourth-order valence-electron chi connectivity index (χ4n) is 3.80. The number of aryl methyl sites for hydroxylation is 1. The van der Waals surface area contributed by atoms with Crippen molar-refractivity contribution in [1.29, 1.82) is 0 Å². The lowest BCUT2D eigenvalue weighted by Gasteiger charge is -2.03. The van der Waals surface area contributed by atoms with Gasteiger partial charge in [-0.15, -0.1) is 0 Å². The third kappa shape index (κ3) is 7.45. The van der Waals surface area contributed by atoms with E-state index in [4.69, 9.17) is 0 Å². The SMILES string of the molecule is CC(=O)c1cnc2n[nH]c(-c3ccnc(C)c3)c2c1.CC1CCN(C)C1.FC(F)(F)c1ccccc1. The highest BCUT2D eigenvalue weighted by Crippen LogP contribution is 2.28. The highest BCUT2D eigenvalue weighted by Gasteiger charge is 2.29. The Bertz CT molecular complexity index is 1280. The van der Waals surface area contributed by atoms with E-state index in [1.807, 2.05) is 25.1 Å². The molecule has 0 radical (unpaired) electrons. The molecular weight excluding hydrogens is 467 g/mol. The number of ketones is 1. The minimum absolute atomic E-state index is 0.00698. The Morgan fingerprint density at radius 3 is 2.33 bits per heavy atom. The number of H-pyrrole nitrogens is 1. The zero-order valence-electron chi connectivity index (χ0n) is 20.8. The van der Waals surface area contributed by atoms with Crippen LogP contribution in [-0.2, 0) is 6.18 Å². The lowest BCUT2D eigenvalue weighted by molar-refractivity contribution is -0.137. The average Bonchev–Trinajstić information content (AvgIpc) is 3.44. The quantitative estimate of drug-likeness (QED) is 0.334. The third-order valence-electron chi connectivity index (χ3n) is 5.73. The molecule has 1 fully saturated rings. The Hall–Kier alpha value is -3.59. The zero-order chi connectivity index (χ0) is 26.3. The van der Waals surface area contributed by atoms with Gasteiger partial charge in [0, 0.05) is 41.1 Å². The number of hydrogen-bond donors (Lipinski definition) is 1. The fourth-order valence-corrected chi connectivity index (χ4v) is 3.80. The van der Waals surface area contributed by atoms with E-state index in [0.717, 1.165) is 40.4 Å². The molecule has 1 unspecified atom stereocenters. The molecule has 4 heterocycles. The summed E-state index contributed by atoms with van der Waals surface area (Å²) >= 11 is 0. The van der Waals surface area contributed by atoms with E-state index < -0.39 is 11.7 Å². The van der Waals surface area contributed by atoms with Gasteiger partial charge < -0.3 is 4.90 Å². The van der Waals surface area contributed by atoms with Gasteiger partial charge in [0.2, 0.25) is 0 Å². The van der Waals surface area contributed by atoms with Crippen LogP contribution in [0.4, 0.5) is 13.2 Å². The highest BCUT2D eigenvalue weighted by atomic mass is 19.4. The van der Waals surface area contributed by atoms with Crippen molar-refractivity contribution in [1.82, 2.24) is 25.1 Å². The zero-order valence-corrected chi connectivity index (χ0v) is 20.8. The Balaban J connectivity index is 0.000000177. The van der Waals surface area contributed by atoms with Crippen molar-refractivity contribution in [3.05, 3.63) is 77.7 Å². The molecule has 0 amide bonds. The number of nitrogens with zero attached hydrogens (tertiary/aromatic N) is 4. The number of nitrogens with one attached hydrogen (secondary N) is 1. The van der Waals surface area contributed by atoms with Gasteiger partial charge in [0.15, 0.2) is 11.4 Å². The summed E-state index contributed by atoms with van der Waals surface area (Å²) in [6, 6.07) is 12.0. The Kier molecular flexibility index (Phi) is 8.93. The van der Waals surface area contributed by atoms with Crippen LogP contribution in [0.3, 0.4) is 0 Å². The molecule has 190 valence electrons. The number of likely N-dealkylation sites (tertiary alicyclic amines) is 1. The van der Waals surface area contributed by atoms with Crippen molar-refractivity contribution in [2.45, 2.75) is 33.4 Å². The number of alkyl halides is 3. The van der Waals surface area contributed by atoms with Gasteiger partial charge in [-0.2, -0.15) is 18.3 Å². The Morgan fingerprint density at radius 2 is 1.83 bits per heavy atom. The second-order valence-corrected chi connectivity index (χ2v) is 8.96. The van der Waals surface area contributed by atoms with Gasteiger partial charge in [-0.25, -0.2) is 4.98 Å². The van der Waals surface area contributed by atoms with Crippen molar-refractivity contribution < 1.29 is 18.0 Å². The normalized spacial score (nSPS) is 15.6. The smallest absolute Gasteiger partial charge is 0.306 e. The highest BCUT2D eigenvalue weighted by molar-refractivity contribution is 5.99. The molecule has 1 N–H and O–H groups in total. The van der Waals surface area contributed by atoms with E-state index in [0.29, 0.717) is 11.2 Å². The number of aromatic amines is 1. The van der Waals surface area contributed by atoms with Gasteiger partial charge in [0.1, 0.15) is 0 Å². The van der Waals surface area contributed by atoms with Gasteiger partial charge in [-0.05, 0) is 58.0 Å². The molecule has 6 nitrogen and oxygen atoms in total. The van der Waals surface area contributed by atoms with E-state index in [1.165, 1.54) is 38.6 Å².